The minimum atomic E-state index is -0.351. The van der Waals surface area contributed by atoms with Crippen LogP contribution in [0.25, 0.3) is 0 Å². The highest BCUT2D eigenvalue weighted by atomic mass is 16.5. The number of nitrogens with zero attached hydrogens (tertiary/aromatic N) is 1. The van der Waals surface area contributed by atoms with Crippen LogP contribution in [0.1, 0.15) is 81.4 Å². The van der Waals surface area contributed by atoms with E-state index >= 15 is 0 Å². The summed E-state index contributed by atoms with van der Waals surface area (Å²) in [4.78, 5) is 39.5. The first-order valence-corrected chi connectivity index (χ1v) is 10.7. The van der Waals surface area contributed by atoms with Gasteiger partial charge in [0, 0.05) is 25.8 Å². The molecule has 1 aliphatic heterocycles. The van der Waals surface area contributed by atoms with E-state index < -0.39 is 0 Å². The molecule has 31 heavy (non-hydrogen) atoms. The quantitative estimate of drug-likeness (QED) is 0.569. The predicted octanol–water partition coefficient (Wildman–Crippen LogP) is 3.86. The molecule has 0 radical (unpaired) electrons. The van der Waals surface area contributed by atoms with Crippen molar-refractivity contribution in [1.29, 1.82) is 0 Å². The summed E-state index contributed by atoms with van der Waals surface area (Å²) >= 11 is 0. The molecule has 1 aliphatic carbocycles. The number of amides is 3. The summed E-state index contributed by atoms with van der Waals surface area (Å²) in [6.07, 6.45) is 2.40. The fourth-order valence-electron chi connectivity index (χ4n) is 4.61. The maximum Gasteiger partial charge on any atom is 0.261 e. The third-order valence-corrected chi connectivity index (χ3v) is 6.39. The normalized spacial score (nSPS) is 19.2. The maximum atomic E-state index is 13.0. The summed E-state index contributed by atoms with van der Waals surface area (Å²) in [6, 6.07) is 12.9. The third-order valence-electron chi connectivity index (χ3n) is 6.39. The second-order valence-corrected chi connectivity index (χ2v) is 8.90. The fraction of sp³-hybridized carbons (Fsp3) is 0.400. The first-order valence-electron chi connectivity index (χ1n) is 10.7. The maximum absolute atomic E-state index is 13.0. The van der Waals surface area contributed by atoms with Crippen molar-refractivity contribution < 1.29 is 19.1 Å². The Labute approximate surface area is 182 Å². The van der Waals surface area contributed by atoms with Gasteiger partial charge in [-0.1, -0.05) is 38.1 Å². The lowest BCUT2D eigenvalue weighted by atomic mass is 9.71. The minimum absolute atomic E-state index is 0.0739. The number of carbonyl (C=O) groups is 3. The molecule has 0 saturated heterocycles. The van der Waals surface area contributed by atoms with Crippen LogP contribution in [0.15, 0.2) is 42.5 Å². The van der Waals surface area contributed by atoms with Crippen LogP contribution >= 0.6 is 0 Å². The van der Waals surface area contributed by atoms with E-state index in [1.165, 1.54) is 10.5 Å². The minimum Gasteiger partial charge on any atom is -0.385 e. The number of imide groups is 1. The Bertz CT molecular complexity index is 1040. The second kappa shape index (κ2) is 8.27. The number of methoxy groups -OCH3 is 1. The Hall–Kier alpha value is -2.99. The highest BCUT2D eigenvalue weighted by Crippen LogP contribution is 2.41. The summed E-state index contributed by atoms with van der Waals surface area (Å²) in [7, 11) is 1.58. The first-order chi connectivity index (χ1) is 14.8. The molecule has 0 spiro atoms. The van der Waals surface area contributed by atoms with Gasteiger partial charge in [-0.25, -0.2) is 0 Å². The molecule has 1 N–H and O–H groups in total. The highest BCUT2D eigenvalue weighted by molar-refractivity contribution is 6.22. The molecule has 2 aromatic carbocycles. The summed E-state index contributed by atoms with van der Waals surface area (Å²) in [6.45, 7) is 5.23. The number of hydrogen-bond acceptors (Lipinski definition) is 4. The monoisotopic (exact) mass is 420 g/mol. The van der Waals surface area contributed by atoms with Crippen LogP contribution < -0.4 is 5.32 Å². The van der Waals surface area contributed by atoms with Crippen LogP contribution in [-0.4, -0.2) is 42.9 Å². The van der Waals surface area contributed by atoms with E-state index in [0.29, 0.717) is 36.3 Å². The van der Waals surface area contributed by atoms with Crippen molar-refractivity contribution in [3.8, 4) is 0 Å². The SMILES string of the molecule is COCCCN1C(=O)c2ccc(C(=O)NC3CCC(C)(C)c4ccccc43)cc2C1=O. The molecule has 3 amide bonds. The molecule has 4 rings (SSSR count). The van der Waals surface area contributed by atoms with Crippen molar-refractivity contribution in [2.24, 2.45) is 0 Å². The second-order valence-electron chi connectivity index (χ2n) is 8.90. The van der Waals surface area contributed by atoms with Crippen molar-refractivity contribution >= 4 is 17.7 Å². The van der Waals surface area contributed by atoms with E-state index in [4.69, 9.17) is 4.74 Å². The number of carbonyl (C=O) groups excluding carboxylic acids is 3. The number of nitrogens with one attached hydrogen (secondary N) is 1. The van der Waals surface area contributed by atoms with Crippen LogP contribution in [0.4, 0.5) is 0 Å². The van der Waals surface area contributed by atoms with Crippen molar-refractivity contribution in [2.75, 3.05) is 20.3 Å². The van der Waals surface area contributed by atoms with Crippen molar-refractivity contribution in [2.45, 2.75) is 44.6 Å². The molecule has 6 heteroatoms. The highest BCUT2D eigenvalue weighted by Gasteiger charge is 2.36. The lowest BCUT2D eigenvalue weighted by Crippen LogP contribution is -2.35. The van der Waals surface area contributed by atoms with Gasteiger partial charge in [0.25, 0.3) is 17.7 Å². The van der Waals surface area contributed by atoms with Gasteiger partial charge in [0.15, 0.2) is 0 Å². The average Bonchev–Trinajstić information content (AvgIpc) is 3.00. The fourth-order valence-corrected chi connectivity index (χ4v) is 4.61. The lowest BCUT2D eigenvalue weighted by molar-refractivity contribution is 0.0638. The predicted molar refractivity (Wildman–Crippen MR) is 117 cm³/mol. The van der Waals surface area contributed by atoms with E-state index in [-0.39, 0.29) is 29.2 Å². The van der Waals surface area contributed by atoms with Crippen molar-refractivity contribution in [3.63, 3.8) is 0 Å². The van der Waals surface area contributed by atoms with Crippen molar-refractivity contribution in [1.82, 2.24) is 10.2 Å². The zero-order valence-corrected chi connectivity index (χ0v) is 18.2. The van der Waals surface area contributed by atoms with Gasteiger partial charge in [0.05, 0.1) is 17.2 Å². The zero-order chi connectivity index (χ0) is 22.2. The zero-order valence-electron chi connectivity index (χ0n) is 18.2. The van der Waals surface area contributed by atoms with Gasteiger partial charge in [0.2, 0.25) is 0 Å². The smallest absolute Gasteiger partial charge is 0.261 e. The van der Waals surface area contributed by atoms with E-state index in [1.54, 1.807) is 25.3 Å². The van der Waals surface area contributed by atoms with Crippen LogP contribution in [0.5, 0.6) is 0 Å². The average molecular weight is 421 g/mol. The third kappa shape index (κ3) is 3.88. The Balaban J connectivity index is 1.53. The van der Waals surface area contributed by atoms with Crippen LogP contribution in [-0.2, 0) is 10.2 Å². The summed E-state index contributed by atoms with van der Waals surface area (Å²) in [5.74, 6) is -0.901. The number of fused-ring (bicyclic) bond motifs is 2. The number of rotatable bonds is 6. The lowest BCUT2D eigenvalue weighted by Gasteiger charge is -2.37. The standard InChI is InChI=1S/C25H28N2O4/c1-25(2)12-11-21(18-7-4-5-8-20(18)25)26-22(28)16-9-10-17-19(15-16)24(30)27(23(17)29)13-6-14-31-3/h4-5,7-10,15,21H,6,11-14H2,1-3H3,(H,26,28). The summed E-state index contributed by atoms with van der Waals surface area (Å²) in [5, 5.41) is 3.13. The van der Waals surface area contributed by atoms with E-state index in [0.717, 1.165) is 18.4 Å². The molecular formula is C25H28N2O4. The van der Waals surface area contributed by atoms with Gasteiger partial charge in [0.1, 0.15) is 0 Å². The van der Waals surface area contributed by atoms with Crippen molar-refractivity contribution in [3.05, 3.63) is 70.3 Å². The Morgan fingerprint density at radius 2 is 1.87 bits per heavy atom. The number of benzene rings is 2. The molecule has 1 atom stereocenters. The van der Waals surface area contributed by atoms with Gasteiger partial charge in [-0.15, -0.1) is 0 Å². The van der Waals surface area contributed by atoms with Gasteiger partial charge < -0.3 is 10.1 Å². The molecule has 0 saturated carbocycles. The molecule has 1 unspecified atom stereocenters. The largest absolute Gasteiger partial charge is 0.385 e. The molecule has 0 bridgehead atoms. The summed E-state index contributed by atoms with van der Waals surface area (Å²) in [5.41, 5.74) is 3.51. The van der Waals surface area contributed by atoms with Gasteiger partial charge in [-0.2, -0.15) is 0 Å². The molecule has 1 heterocycles. The Morgan fingerprint density at radius 3 is 2.65 bits per heavy atom. The Kier molecular flexibility index (Phi) is 5.67. The molecule has 0 aromatic heterocycles. The van der Waals surface area contributed by atoms with Gasteiger partial charge in [-0.05, 0) is 54.0 Å². The topological polar surface area (TPSA) is 75.7 Å². The molecule has 162 valence electrons. The number of ether oxygens (including phenoxy) is 1. The molecular weight excluding hydrogens is 392 g/mol. The molecule has 0 fully saturated rings. The van der Waals surface area contributed by atoms with Crippen LogP contribution in [0.3, 0.4) is 0 Å². The molecule has 6 nitrogen and oxygen atoms in total. The summed E-state index contributed by atoms with van der Waals surface area (Å²) < 4.78 is 5.01. The van der Waals surface area contributed by atoms with Gasteiger partial charge in [-0.3, -0.25) is 19.3 Å². The van der Waals surface area contributed by atoms with Gasteiger partial charge >= 0.3 is 0 Å². The molecule has 2 aromatic rings. The van der Waals surface area contributed by atoms with E-state index in [2.05, 4.69) is 31.3 Å². The van der Waals surface area contributed by atoms with E-state index in [1.807, 2.05) is 12.1 Å². The van der Waals surface area contributed by atoms with E-state index in [9.17, 15) is 14.4 Å². The van der Waals surface area contributed by atoms with Crippen LogP contribution in [0, 0.1) is 0 Å². The molecule has 2 aliphatic rings. The number of hydrogen-bond donors (Lipinski definition) is 1. The Morgan fingerprint density at radius 1 is 1.13 bits per heavy atom. The first kappa shape index (κ1) is 21.2. The van der Waals surface area contributed by atoms with Crippen LogP contribution in [0.2, 0.25) is 0 Å².